The zero-order valence-electron chi connectivity index (χ0n) is 7.33. The molecule has 12 heavy (non-hydrogen) atoms. The Bertz CT molecular complexity index is 128. The zero-order valence-corrected chi connectivity index (χ0v) is 8.15. The molecule has 1 unspecified atom stereocenters. The minimum absolute atomic E-state index is 0.113. The summed E-state index contributed by atoms with van der Waals surface area (Å²) < 4.78 is 11.3. The second-order valence-corrected chi connectivity index (χ2v) is 4.57. The second-order valence-electron chi connectivity index (χ2n) is 3.42. The summed E-state index contributed by atoms with van der Waals surface area (Å²) in [5, 5.41) is 0. The van der Waals surface area contributed by atoms with Crippen LogP contribution in [-0.2, 0) is 9.47 Å². The summed E-state index contributed by atoms with van der Waals surface area (Å²) in [5.41, 5.74) is 0. The first-order chi connectivity index (χ1) is 5.95. The lowest BCUT2D eigenvalue weighted by atomic mass is 10.2. The summed E-state index contributed by atoms with van der Waals surface area (Å²) in [6, 6.07) is 0. The van der Waals surface area contributed by atoms with Crippen molar-refractivity contribution in [1.82, 2.24) is 0 Å². The number of hydrogen-bond acceptors (Lipinski definition) is 3. The fourth-order valence-electron chi connectivity index (χ4n) is 1.65. The maximum atomic E-state index is 5.81. The van der Waals surface area contributed by atoms with E-state index < -0.39 is 0 Å². The highest BCUT2D eigenvalue weighted by Crippen LogP contribution is 2.24. The molecule has 70 valence electrons. The third kappa shape index (κ3) is 2.38. The van der Waals surface area contributed by atoms with Gasteiger partial charge in [0.2, 0.25) is 0 Å². The van der Waals surface area contributed by atoms with Crippen LogP contribution in [0.3, 0.4) is 0 Å². The summed E-state index contributed by atoms with van der Waals surface area (Å²) >= 11 is 1.99. The molecule has 2 nitrogen and oxygen atoms in total. The molecule has 0 aromatic heterocycles. The standard InChI is InChI=1S/C9H16O2S/c1-2-5-10-9(3-1)11-8-4-6-12-7-8/h8-9H,1-7H2/t8-,9?/m1/s1. The third-order valence-electron chi connectivity index (χ3n) is 2.37. The predicted octanol–water partition coefficient (Wildman–Crippen LogP) is 2.04. The van der Waals surface area contributed by atoms with Gasteiger partial charge in [-0.15, -0.1) is 0 Å². The van der Waals surface area contributed by atoms with Crippen molar-refractivity contribution < 1.29 is 9.47 Å². The molecule has 0 radical (unpaired) electrons. The van der Waals surface area contributed by atoms with Gasteiger partial charge in [0.15, 0.2) is 6.29 Å². The Hall–Kier alpha value is 0.270. The molecular formula is C9H16O2S. The Morgan fingerprint density at radius 3 is 2.92 bits per heavy atom. The van der Waals surface area contributed by atoms with Gasteiger partial charge in [0.1, 0.15) is 0 Å². The molecule has 2 rings (SSSR count). The summed E-state index contributed by atoms with van der Waals surface area (Å²) in [6.45, 7) is 0.893. The molecule has 0 bridgehead atoms. The van der Waals surface area contributed by atoms with Crippen LogP contribution in [-0.4, -0.2) is 30.5 Å². The van der Waals surface area contributed by atoms with Crippen LogP contribution in [0.5, 0.6) is 0 Å². The monoisotopic (exact) mass is 188 g/mol. The molecule has 2 fully saturated rings. The van der Waals surface area contributed by atoms with E-state index in [9.17, 15) is 0 Å². The Labute approximate surface area is 78.0 Å². The molecule has 0 amide bonds. The van der Waals surface area contributed by atoms with Crippen molar-refractivity contribution in [2.24, 2.45) is 0 Å². The van der Waals surface area contributed by atoms with Gasteiger partial charge in [-0.3, -0.25) is 0 Å². The SMILES string of the molecule is C1CCC(O[C@@H]2CCSC2)OC1. The highest BCUT2D eigenvalue weighted by atomic mass is 32.2. The van der Waals surface area contributed by atoms with Crippen molar-refractivity contribution in [1.29, 1.82) is 0 Å². The lowest BCUT2D eigenvalue weighted by Crippen LogP contribution is -2.27. The highest BCUT2D eigenvalue weighted by molar-refractivity contribution is 7.99. The molecule has 0 aliphatic carbocycles. The van der Waals surface area contributed by atoms with E-state index in [4.69, 9.17) is 9.47 Å². The van der Waals surface area contributed by atoms with Crippen LogP contribution < -0.4 is 0 Å². The highest BCUT2D eigenvalue weighted by Gasteiger charge is 2.22. The first kappa shape index (κ1) is 8.85. The van der Waals surface area contributed by atoms with Crippen LogP contribution in [0.15, 0.2) is 0 Å². The minimum atomic E-state index is 0.113. The molecule has 2 atom stereocenters. The molecule has 0 saturated carbocycles. The van der Waals surface area contributed by atoms with Gasteiger partial charge in [0.25, 0.3) is 0 Å². The molecule has 2 heterocycles. The molecule has 2 aliphatic rings. The van der Waals surface area contributed by atoms with E-state index in [0.29, 0.717) is 6.10 Å². The van der Waals surface area contributed by atoms with E-state index in [1.807, 2.05) is 11.8 Å². The van der Waals surface area contributed by atoms with Crippen LogP contribution in [0.25, 0.3) is 0 Å². The molecule has 0 spiro atoms. The molecular weight excluding hydrogens is 172 g/mol. The van der Waals surface area contributed by atoms with Crippen LogP contribution in [0.1, 0.15) is 25.7 Å². The number of rotatable bonds is 2. The molecule has 2 aliphatic heterocycles. The quantitative estimate of drug-likeness (QED) is 0.660. The van der Waals surface area contributed by atoms with Gasteiger partial charge < -0.3 is 9.47 Å². The van der Waals surface area contributed by atoms with Gasteiger partial charge in [-0.2, -0.15) is 11.8 Å². The van der Waals surface area contributed by atoms with E-state index in [1.54, 1.807) is 0 Å². The molecule has 3 heteroatoms. The van der Waals surface area contributed by atoms with Crippen LogP contribution in [0, 0.1) is 0 Å². The van der Waals surface area contributed by atoms with Gasteiger partial charge in [-0.05, 0) is 31.4 Å². The van der Waals surface area contributed by atoms with Gasteiger partial charge >= 0.3 is 0 Å². The van der Waals surface area contributed by atoms with Gasteiger partial charge in [-0.1, -0.05) is 0 Å². The molecule has 0 aromatic carbocycles. The smallest absolute Gasteiger partial charge is 0.157 e. The van der Waals surface area contributed by atoms with Crippen LogP contribution in [0.2, 0.25) is 0 Å². The Kier molecular flexibility index (Phi) is 3.31. The van der Waals surface area contributed by atoms with Crippen molar-refractivity contribution in [2.45, 2.75) is 38.1 Å². The third-order valence-corrected chi connectivity index (χ3v) is 3.50. The Morgan fingerprint density at radius 1 is 1.25 bits per heavy atom. The minimum Gasteiger partial charge on any atom is -0.353 e. The number of ether oxygens (including phenoxy) is 2. The summed E-state index contributed by atoms with van der Waals surface area (Å²) in [7, 11) is 0. The summed E-state index contributed by atoms with van der Waals surface area (Å²) in [6.07, 6.45) is 5.37. The van der Waals surface area contributed by atoms with Crippen molar-refractivity contribution >= 4 is 11.8 Å². The molecule has 2 saturated heterocycles. The lowest BCUT2D eigenvalue weighted by molar-refractivity contribution is -0.182. The van der Waals surface area contributed by atoms with E-state index in [0.717, 1.165) is 13.0 Å². The topological polar surface area (TPSA) is 18.5 Å². The Balaban J connectivity index is 1.69. The second kappa shape index (κ2) is 4.49. The zero-order chi connectivity index (χ0) is 8.23. The average Bonchev–Trinajstić information content (AvgIpc) is 2.59. The Morgan fingerprint density at radius 2 is 2.25 bits per heavy atom. The number of thioether (sulfide) groups is 1. The van der Waals surface area contributed by atoms with Crippen LogP contribution >= 0.6 is 11.8 Å². The number of hydrogen-bond donors (Lipinski definition) is 0. The van der Waals surface area contributed by atoms with E-state index in [2.05, 4.69) is 0 Å². The normalized spacial score (nSPS) is 37.0. The van der Waals surface area contributed by atoms with E-state index in [-0.39, 0.29) is 6.29 Å². The summed E-state index contributed by atoms with van der Waals surface area (Å²) in [4.78, 5) is 0. The molecule has 0 N–H and O–H groups in total. The largest absolute Gasteiger partial charge is 0.353 e. The van der Waals surface area contributed by atoms with Crippen molar-refractivity contribution in [3.05, 3.63) is 0 Å². The fourth-order valence-corrected chi connectivity index (χ4v) is 2.76. The van der Waals surface area contributed by atoms with Crippen molar-refractivity contribution in [2.75, 3.05) is 18.1 Å². The van der Waals surface area contributed by atoms with Crippen molar-refractivity contribution in [3.63, 3.8) is 0 Å². The van der Waals surface area contributed by atoms with Gasteiger partial charge in [-0.25, -0.2) is 0 Å². The maximum absolute atomic E-state index is 5.81. The average molecular weight is 188 g/mol. The van der Waals surface area contributed by atoms with Gasteiger partial charge in [0, 0.05) is 12.4 Å². The first-order valence-electron chi connectivity index (χ1n) is 4.80. The predicted molar refractivity (Wildman–Crippen MR) is 50.4 cm³/mol. The maximum Gasteiger partial charge on any atom is 0.157 e. The summed E-state index contributed by atoms with van der Waals surface area (Å²) in [5.74, 6) is 2.43. The van der Waals surface area contributed by atoms with Gasteiger partial charge in [0.05, 0.1) is 6.10 Å². The molecule has 0 aromatic rings. The fraction of sp³-hybridized carbons (Fsp3) is 1.00. The first-order valence-corrected chi connectivity index (χ1v) is 5.95. The van der Waals surface area contributed by atoms with Crippen LogP contribution in [0.4, 0.5) is 0 Å². The van der Waals surface area contributed by atoms with E-state index >= 15 is 0 Å². The van der Waals surface area contributed by atoms with E-state index in [1.165, 1.54) is 30.8 Å². The lowest BCUT2D eigenvalue weighted by Gasteiger charge is -2.25. The van der Waals surface area contributed by atoms with Crippen molar-refractivity contribution in [3.8, 4) is 0 Å².